The van der Waals surface area contributed by atoms with Crippen LogP contribution in [0, 0.1) is 0 Å². The van der Waals surface area contributed by atoms with E-state index in [2.05, 4.69) is 0 Å². The first-order valence-corrected chi connectivity index (χ1v) is 7.35. The summed E-state index contributed by atoms with van der Waals surface area (Å²) in [5, 5.41) is 0. The fourth-order valence-electron chi connectivity index (χ4n) is 2.29. The van der Waals surface area contributed by atoms with Gasteiger partial charge in [0.05, 0.1) is 11.2 Å². The Morgan fingerprint density at radius 2 is 1.14 bits per heavy atom. The Morgan fingerprint density at radius 3 is 1.41 bits per heavy atom. The van der Waals surface area contributed by atoms with Crippen molar-refractivity contribution >= 4 is 0 Å². The maximum atomic E-state index is 12.4. The third-order valence-electron chi connectivity index (χ3n) is 3.07. The molecule has 7 heteroatoms. The number of fused-ring (bicyclic) bond motifs is 1. The average molecular weight is 311 g/mol. The number of rotatable bonds is 2. The Morgan fingerprint density at radius 1 is 0.818 bits per heavy atom. The van der Waals surface area contributed by atoms with Crippen molar-refractivity contribution in [1.82, 2.24) is 13.9 Å². The molecule has 0 saturated carbocycles. The summed E-state index contributed by atoms with van der Waals surface area (Å²) < 4.78 is 15.4. The zero-order valence-electron chi connectivity index (χ0n) is 14.3. The molecule has 124 valence electrons. The minimum Gasteiger partial charge on any atom is -0.347 e. The van der Waals surface area contributed by atoms with Crippen LogP contribution in [0.5, 0.6) is 0 Å². The van der Waals surface area contributed by atoms with Crippen molar-refractivity contribution in [3.63, 3.8) is 0 Å². The number of ether oxygens (including phenoxy) is 2. The molecule has 22 heavy (non-hydrogen) atoms. The molecule has 1 aliphatic rings. The van der Waals surface area contributed by atoms with Gasteiger partial charge in [-0.2, -0.15) is 9.36 Å². The summed E-state index contributed by atoms with van der Waals surface area (Å²) in [6, 6.07) is 0. The Kier molecular flexibility index (Phi) is 3.99. The molecule has 0 saturated heterocycles. The maximum Gasteiger partial charge on any atom is 0.349 e. The van der Waals surface area contributed by atoms with Crippen LogP contribution in [0.3, 0.4) is 0 Å². The highest BCUT2D eigenvalue weighted by Gasteiger charge is 2.32. The van der Waals surface area contributed by atoms with Crippen LogP contribution in [0.1, 0.15) is 54.0 Å². The molecule has 0 amide bonds. The second kappa shape index (κ2) is 5.24. The maximum absolute atomic E-state index is 12.4. The van der Waals surface area contributed by atoms with E-state index < -0.39 is 35.0 Å². The van der Waals surface area contributed by atoms with Crippen LogP contribution >= 0.6 is 0 Å². The zero-order chi connectivity index (χ0) is 16.9. The lowest BCUT2D eigenvalue weighted by molar-refractivity contribution is -0.124. The molecule has 0 N–H and O–H groups in total. The number of hydrogen-bond donors (Lipinski definition) is 0. The molecule has 0 fully saturated rings. The van der Waals surface area contributed by atoms with Crippen LogP contribution in [0.2, 0.25) is 0 Å². The first-order chi connectivity index (χ1) is 9.91. The summed E-state index contributed by atoms with van der Waals surface area (Å²) in [4.78, 5) is 24.8. The van der Waals surface area contributed by atoms with Crippen LogP contribution in [0.15, 0.2) is 21.7 Å². The first kappa shape index (κ1) is 16.8. The van der Waals surface area contributed by atoms with Gasteiger partial charge < -0.3 is 9.47 Å². The molecule has 0 spiro atoms. The fraction of sp³-hybridized carbons (Fsp3) is 0.733. The van der Waals surface area contributed by atoms with Crippen molar-refractivity contribution in [2.45, 2.75) is 65.2 Å². The Bertz CT molecular complexity index is 637. The molecule has 2 heterocycles. The Hall–Kier alpha value is -1.60. The van der Waals surface area contributed by atoms with E-state index in [1.807, 2.05) is 41.5 Å². The van der Waals surface area contributed by atoms with Gasteiger partial charge in [-0.15, -0.1) is 0 Å². The lowest BCUT2D eigenvalue weighted by Crippen LogP contribution is -2.41. The number of nitrogens with zero attached hydrogens (tertiary/aromatic N) is 3. The second-order valence-electron chi connectivity index (χ2n) is 7.44. The van der Waals surface area contributed by atoms with Crippen molar-refractivity contribution in [1.29, 1.82) is 0 Å². The monoisotopic (exact) mass is 311 g/mol. The molecule has 7 nitrogen and oxygen atoms in total. The van der Waals surface area contributed by atoms with E-state index >= 15 is 0 Å². The molecule has 1 aromatic rings. The minimum absolute atomic E-state index is 0.425. The van der Waals surface area contributed by atoms with Crippen LogP contribution in [0.4, 0.5) is 0 Å². The highest BCUT2D eigenvalue weighted by atomic mass is 16.5. The molecule has 2 atom stereocenters. The first-order valence-electron chi connectivity index (χ1n) is 7.35. The van der Waals surface area contributed by atoms with E-state index in [-0.39, 0.29) is 0 Å². The lowest BCUT2D eigenvalue weighted by Gasteiger charge is -2.33. The standard InChI is InChI=1S/C15H25N3O4/c1-14(2,3)21-10-8-9-11(22-15(4,5)6)18-13(20)16(7)12(19)17(10)18/h8-11H,1-7H3/t10-,11+. The van der Waals surface area contributed by atoms with Crippen molar-refractivity contribution in [3.8, 4) is 0 Å². The SMILES string of the molecule is Cn1c(=O)n2n(c1=O)[C@H](OC(C)(C)C)C=C[C@@H]2OC(C)(C)C. The van der Waals surface area contributed by atoms with Gasteiger partial charge in [0.2, 0.25) is 0 Å². The van der Waals surface area contributed by atoms with Gasteiger partial charge in [-0.3, -0.25) is 0 Å². The lowest BCUT2D eigenvalue weighted by atomic mass is 10.2. The molecule has 0 radical (unpaired) electrons. The molecule has 0 bridgehead atoms. The minimum atomic E-state index is -0.638. The average Bonchev–Trinajstić information content (AvgIpc) is 2.55. The van der Waals surface area contributed by atoms with Gasteiger partial charge in [-0.05, 0) is 53.7 Å². The fourth-order valence-corrected chi connectivity index (χ4v) is 2.29. The largest absolute Gasteiger partial charge is 0.349 e. The van der Waals surface area contributed by atoms with E-state index in [0.29, 0.717) is 0 Å². The van der Waals surface area contributed by atoms with Crippen LogP contribution < -0.4 is 11.4 Å². The Labute approximate surface area is 129 Å². The molecule has 0 aliphatic carbocycles. The summed E-state index contributed by atoms with van der Waals surface area (Å²) in [5.41, 5.74) is -1.76. The van der Waals surface area contributed by atoms with Crippen LogP contribution in [0.25, 0.3) is 0 Å². The molecular formula is C15H25N3O4. The van der Waals surface area contributed by atoms with Gasteiger partial charge >= 0.3 is 11.4 Å². The smallest absolute Gasteiger partial charge is 0.347 e. The van der Waals surface area contributed by atoms with Crippen molar-refractivity contribution in [2.75, 3.05) is 0 Å². The van der Waals surface area contributed by atoms with Gasteiger partial charge in [-0.25, -0.2) is 14.2 Å². The van der Waals surface area contributed by atoms with E-state index in [4.69, 9.17) is 9.47 Å². The third kappa shape index (κ3) is 3.25. The highest BCUT2D eigenvalue weighted by molar-refractivity contribution is 5.00. The molecular weight excluding hydrogens is 286 g/mol. The van der Waals surface area contributed by atoms with Gasteiger partial charge in [-0.1, -0.05) is 0 Å². The van der Waals surface area contributed by atoms with E-state index in [0.717, 1.165) is 4.57 Å². The van der Waals surface area contributed by atoms with Gasteiger partial charge in [0.25, 0.3) is 0 Å². The predicted molar refractivity (Wildman–Crippen MR) is 82.8 cm³/mol. The molecule has 1 aliphatic heterocycles. The topological polar surface area (TPSA) is 67.4 Å². The van der Waals surface area contributed by atoms with Gasteiger partial charge in [0.15, 0.2) is 12.5 Å². The quantitative estimate of drug-likeness (QED) is 0.777. The van der Waals surface area contributed by atoms with Gasteiger partial charge in [0.1, 0.15) is 0 Å². The van der Waals surface area contributed by atoms with E-state index in [1.54, 1.807) is 12.2 Å². The summed E-state index contributed by atoms with van der Waals surface area (Å²) in [6.07, 6.45) is 2.23. The summed E-state index contributed by atoms with van der Waals surface area (Å²) in [5.74, 6) is 0. The van der Waals surface area contributed by atoms with Crippen LogP contribution in [-0.4, -0.2) is 25.1 Å². The number of hydrogen-bond acceptors (Lipinski definition) is 4. The summed E-state index contributed by atoms with van der Waals surface area (Å²) >= 11 is 0. The van der Waals surface area contributed by atoms with E-state index in [9.17, 15) is 9.59 Å². The zero-order valence-corrected chi connectivity index (χ0v) is 14.3. The van der Waals surface area contributed by atoms with Crippen LogP contribution in [-0.2, 0) is 16.5 Å². The number of aromatic nitrogens is 3. The predicted octanol–water partition coefficient (Wildman–Crippen LogP) is 1.55. The third-order valence-corrected chi connectivity index (χ3v) is 3.07. The van der Waals surface area contributed by atoms with Crippen molar-refractivity contribution < 1.29 is 9.47 Å². The molecule has 2 rings (SSSR count). The Balaban J connectivity index is 2.54. The normalized spacial score (nSPS) is 22.0. The summed E-state index contributed by atoms with van der Waals surface area (Å²) in [7, 11) is 1.45. The van der Waals surface area contributed by atoms with E-state index in [1.165, 1.54) is 16.4 Å². The summed E-state index contributed by atoms with van der Waals surface area (Å²) in [6.45, 7) is 11.4. The second-order valence-corrected chi connectivity index (χ2v) is 7.44. The molecule has 1 aromatic heterocycles. The van der Waals surface area contributed by atoms with Gasteiger partial charge in [0, 0.05) is 7.05 Å². The molecule has 0 aromatic carbocycles. The molecule has 0 unspecified atom stereocenters. The van der Waals surface area contributed by atoms with Crippen molar-refractivity contribution in [2.24, 2.45) is 7.05 Å². The van der Waals surface area contributed by atoms with Crippen molar-refractivity contribution in [3.05, 3.63) is 33.1 Å². The highest BCUT2D eigenvalue weighted by Crippen LogP contribution is 2.27.